The first kappa shape index (κ1) is 15.5. The minimum Gasteiger partial charge on any atom is -0.345 e. The number of amides is 1. The lowest BCUT2D eigenvalue weighted by Gasteiger charge is -2.44. The van der Waals surface area contributed by atoms with E-state index in [0.29, 0.717) is 11.5 Å². The molecule has 3 heterocycles. The number of nitrogens with zero attached hydrogens (tertiary/aromatic N) is 2. The molecule has 2 aromatic heterocycles. The summed E-state index contributed by atoms with van der Waals surface area (Å²) in [6.45, 7) is 1.86. The molecular weight excluding hydrogens is 324 g/mol. The first-order chi connectivity index (χ1) is 12.8. The molecule has 1 saturated carbocycles. The van der Waals surface area contributed by atoms with Crippen LogP contribution in [0, 0.1) is 5.92 Å². The number of benzene rings is 1. The van der Waals surface area contributed by atoms with E-state index in [0.717, 1.165) is 41.8 Å². The van der Waals surface area contributed by atoms with Crippen LogP contribution in [0.25, 0.3) is 22.3 Å². The van der Waals surface area contributed by atoms with Gasteiger partial charge in [-0.3, -0.25) is 9.78 Å². The molecule has 5 heteroatoms. The van der Waals surface area contributed by atoms with Crippen molar-refractivity contribution in [2.24, 2.45) is 5.92 Å². The number of hydrogen-bond donors (Lipinski definition) is 2. The Bertz CT molecular complexity index is 988. The Morgan fingerprint density at radius 2 is 2.04 bits per heavy atom. The molecule has 0 spiro atoms. The number of hydrogen-bond acceptors (Lipinski definition) is 4. The standard InChI is InChI=1S/C21H20N4O/c26-20(25-21-9-8-14(21)12-22-13-21)16-11-19(18-7-3-4-10-23-18)24-17-6-2-1-5-15(16)17/h1-7,10-11,14,22H,8-9,12-13H2,(H,25,26)/t14-,21-/m0/s1. The zero-order valence-corrected chi connectivity index (χ0v) is 14.4. The largest absolute Gasteiger partial charge is 0.345 e. The number of carbonyl (C=O) groups is 1. The lowest BCUT2D eigenvalue weighted by atomic mass is 9.69. The Morgan fingerprint density at radius 1 is 1.15 bits per heavy atom. The van der Waals surface area contributed by atoms with E-state index in [4.69, 9.17) is 4.98 Å². The van der Waals surface area contributed by atoms with Crippen LogP contribution in [-0.2, 0) is 0 Å². The smallest absolute Gasteiger partial charge is 0.252 e. The zero-order chi connectivity index (χ0) is 17.6. The molecule has 1 aliphatic carbocycles. The van der Waals surface area contributed by atoms with E-state index in [2.05, 4.69) is 15.6 Å². The highest BCUT2D eigenvalue weighted by Gasteiger charge is 2.50. The summed E-state index contributed by atoms with van der Waals surface area (Å²) in [4.78, 5) is 22.3. The molecule has 3 aromatic rings. The minimum atomic E-state index is -0.0768. The van der Waals surface area contributed by atoms with Crippen molar-refractivity contribution < 1.29 is 4.79 Å². The van der Waals surface area contributed by atoms with E-state index in [9.17, 15) is 4.79 Å². The van der Waals surface area contributed by atoms with E-state index >= 15 is 0 Å². The molecule has 26 heavy (non-hydrogen) atoms. The van der Waals surface area contributed by atoms with Gasteiger partial charge in [0.2, 0.25) is 0 Å². The fourth-order valence-electron chi connectivity index (χ4n) is 4.21. The topological polar surface area (TPSA) is 66.9 Å². The minimum absolute atomic E-state index is 0.0193. The van der Waals surface area contributed by atoms with Gasteiger partial charge in [-0.25, -0.2) is 4.98 Å². The molecule has 1 aliphatic heterocycles. The first-order valence-corrected chi connectivity index (χ1v) is 9.10. The molecule has 2 N–H and O–H groups in total. The number of rotatable bonds is 3. The second-order valence-corrected chi connectivity index (χ2v) is 7.26. The highest BCUT2D eigenvalue weighted by atomic mass is 16.1. The predicted octanol–water partition coefficient (Wildman–Crippen LogP) is 2.78. The van der Waals surface area contributed by atoms with Gasteiger partial charge in [-0.15, -0.1) is 0 Å². The van der Waals surface area contributed by atoms with Crippen LogP contribution in [-0.4, -0.2) is 34.5 Å². The van der Waals surface area contributed by atoms with E-state index in [1.807, 2.05) is 48.5 Å². The number of para-hydroxylation sites is 1. The van der Waals surface area contributed by atoms with Crippen molar-refractivity contribution in [3.8, 4) is 11.4 Å². The number of carbonyl (C=O) groups excluding carboxylic acids is 1. The monoisotopic (exact) mass is 344 g/mol. The van der Waals surface area contributed by atoms with Crippen molar-refractivity contribution in [1.29, 1.82) is 0 Å². The van der Waals surface area contributed by atoms with Crippen molar-refractivity contribution in [2.75, 3.05) is 13.1 Å². The predicted molar refractivity (Wildman–Crippen MR) is 101 cm³/mol. The van der Waals surface area contributed by atoms with Crippen molar-refractivity contribution in [1.82, 2.24) is 20.6 Å². The maximum absolute atomic E-state index is 13.2. The van der Waals surface area contributed by atoms with Crippen LogP contribution < -0.4 is 10.6 Å². The Kier molecular flexibility index (Phi) is 3.50. The van der Waals surface area contributed by atoms with Gasteiger partial charge in [0.25, 0.3) is 5.91 Å². The van der Waals surface area contributed by atoms with Crippen LogP contribution in [0.2, 0.25) is 0 Å². The zero-order valence-electron chi connectivity index (χ0n) is 14.4. The highest BCUT2D eigenvalue weighted by molar-refractivity contribution is 6.07. The third-order valence-corrected chi connectivity index (χ3v) is 5.80. The summed E-state index contributed by atoms with van der Waals surface area (Å²) in [6.07, 6.45) is 3.98. The highest BCUT2D eigenvalue weighted by Crippen LogP contribution is 2.41. The second kappa shape index (κ2) is 5.88. The van der Waals surface area contributed by atoms with Crippen molar-refractivity contribution in [3.05, 3.63) is 60.3 Å². The van der Waals surface area contributed by atoms with E-state index in [1.54, 1.807) is 6.20 Å². The molecular formula is C21H20N4O. The average molecular weight is 344 g/mol. The van der Waals surface area contributed by atoms with Gasteiger partial charge in [0.1, 0.15) is 0 Å². The van der Waals surface area contributed by atoms with Crippen molar-refractivity contribution >= 4 is 16.8 Å². The number of fused-ring (bicyclic) bond motifs is 2. The summed E-state index contributed by atoms with van der Waals surface area (Å²) < 4.78 is 0. The molecule has 2 aliphatic rings. The average Bonchev–Trinajstić information content (AvgIpc) is 2.95. The fourth-order valence-corrected chi connectivity index (χ4v) is 4.21. The van der Waals surface area contributed by atoms with Gasteiger partial charge in [-0.05, 0) is 43.0 Å². The normalized spacial score (nSPS) is 24.1. The van der Waals surface area contributed by atoms with Gasteiger partial charge in [0, 0.05) is 24.7 Å². The molecule has 5 rings (SSSR count). The van der Waals surface area contributed by atoms with E-state index < -0.39 is 0 Å². The number of pyridine rings is 2. The summed E-state index contributed by atoms with van der Waals surface area (Å²) in [6, 6.07) is 15.4. The lowest BCUT2D eigenvalue weighted by molar-refractivity contribution is 0.0766. The van der Waals surface area contributed by atoms with Crippen molar-refractivity contribution in [2.45, 2.75) is 18.4 Å². The molecule has 130 valence electrons. The van der Waals surface area contributed by atoms with Gasteiger partial charge in [-0.2, -0.15) is 0 Å². The second-order valence-electron chi connectivity index (χ2n) is 7.26. The third-order valence-electron chi connectivity index (χ3n) is 5.80. The first-order valence-electron chi connectivity index (χ1n) is 9.10. The molecule has 0 unspecified atom stereocenters. The number of aromatic nitrogens is 2. The molecule has 0 radical (unpaired) electrons. The lowest BCUT2D eigenvalue weighted by Crippen LogP contribution is -2.60. The molecule has 1 amide bonds. The van der Waals surface area contributed by atoms with Crippen LogP contribution in [0.5, 0.6) is 0 Å². The molecule has 2 atom stereocenters. The summed E-state index contributed by atoms with van der Waals surface area (Å²) >= 11 is 0. The quantitative estimate of drug-likeness (QED) is 0.767. The van der Waals surface area contributed by atoms with E-state index in [1.165, 1.54) is 6.42 Å². The number of nitrogens with one attached hydrogen (secondary N) is 2. The molecule has 0 bridgehead atoms. The van der Waals surface area contributed by atoms with Crippen LogP contribution in [0.4, 0.5) is 0 Å². The van der Waals surface area contributed by atoms with Crippen molar-refractivity contribution in [3.63, 3.8) is 0 Å². The van der Waals surface area contributed by atoms with Gasteiger partial charge < -0.3 is 10.6 Å². The maximum atomic E-state index is 13.2. The van der Waals surface area contributed by atoms with E-state index in [-0.39, 0.29) is 11.4 Å². The van der Waals surface area contributed by atoms with Gasteiger partial charge in [0.05, 0.1) is 28.0 Å². The summed E-state index contributed by atoms with van der Waals surface area (Å²) in [5, 5.41) is 7.63. The molecule has 1 aromatic carbocycles. The van der Waals surface area contributed by atoms with Crippen LogP contribution in [0.15, 0.2) is 54.7 Å². The Morgan fingerprint density at radius 3 is 2.81 bits per heavy atom. The molecule has 5 nitrogen and oxygen atoms in total. The summed E-state index contributed by atoms with van der Waals surface area (Å²) in [5.74, 6) is 0.531. The van der Waals surface area contributed by atoms with Gasteiger partial charge in [-0.1, -0.05) is 24.3 Å². The van der Waals surface area contributed by atoms with Crippen LogP contribution in [0.1, 0.15) is 23.2 Å². The Hall–Kier alpha value is -2.79. The SMILES string of the molecule is O=C(N[C@]12CC[C@H]1CNC2)c1cc(-c2ccccn2)nc2ccccc12. The maximum Gasteiger partial charge on any atom is 0.252 e. The summed E-state index contributed by atoms with van der Waals surface area (Å²) in [5.41, 5.74) is 2.90. The Labute approximate surface area is 151 Å². The van der Waals surface area contributed by atoms with Crippen LogP contribution >= 0.6 is 0 Å². The third kappa shape index (κ3) is 2.39. The molecule has 2 fully saturated rings. The summed E-state index contributed by atoms with van der Waals surface area (Å²) in [7, 11) is 0. The Balaban J connectivity index is 1.58. The fraction of sp³-hybridized carbons (Fsp3) is 0.286. The van der Waals surface area contributed by atoms with Crippen LogP contribution in [0.3, 0.4) is 0 Å². The molecule has 1 saturated heterocycles. The van der Waals surface area contributed by atoms with Gasteiger partial charge in [0.15, 0.2) is 0 Å². The van der Waals surface area contributed by atoms with Gasteiger partial charge >= 0.3 is 0 Å².